The Hall–Kier alpha value is -2.60. The van der Waals surface area contributed by atoms with Crippen molar-refractivity contribution in [3.8, 4) is 11.3 Å². The van der Waals surface area contributed by atoms with E-state index in [2.05, 4.69) is 18.9 Å². The zero-order valence-corrected chi connectivity index (χ0v) is 17.0. The van der Waals surface area contributed by atoms with Gasteiger partial charge in [0.05, 0.1) is 11.4 Å². The van der Waals surface area contributed by atoms with E-state index < -0.39 is 0 Å². The molecule has 1 saturated heterocycles. The number of carbonyl (C=O) groups is 1. The van der Waals surface area contributed by atoms with Gasteiger partial charge in [0.2, 0.25) is 5.91 Å². The van der Waals surface area contributed by atoms with E-state index in [1.165, 1.54) is 4.52 Å². The minimum Gasteiger partial charge on any atom is -0.342 e. The van der Waals surface area contributed by atoms with Crippen LogP contribution in [-0.4, -0.2) is 38.5 Å². The molecule has 1 N–H and O–H groups in total. The second-order valence-electron chi connectivity index (χ2n) is 7.89. The number of halogens is 1. The summed E-state index contributed by atoms with van der Waals surface area (Å²) in [6.07, 6.45) is 0.403. The first-order valence-electron chi connectivity index (χ1n) is 9.49. The Kier molecular flexibility index (Phi) is 4.75. The van der Waals surface area contributed by atoms with Crippen LogP contribution in [0.3, 0.4) is 0 Å². The highest BCUT2D eigenvalue weighted by Gasteiger charge is 2.32. The SMILES string of the molecule is Cc1c(-c2cccc(Cl)c2)[nH]n2c(=O)cc([C@H]3CC(=O)N(CC(C)C)C3)nc12. The standard InChI is InChI=1S/C21H23ClN4O2/c1-12(2)10-25-11-15(8-18(25)27)17-9-19(28)26-21(23-17)13(3)20(24-26)14-5-4-6-16(22)7-14/h4-7,9,12,15,24H,8,10-11H2,1-3H3/t15-/m0/s1. The van der Waals surface area contributed by atoms with Crippen LogP contribution in [0.2, 0.25) is 5.02 Å². The van der Waals surface area contributed by atoms with E-state index in [1.807, 2.05) is 36.1 Å². The molecule has 3 aromatic rings. The molecule has 2 aromatic heterocycles. The molecule has 0 spiro atoms. The summed E-state index contributed by atoms with van der Waals surface area (Å²) in [5.74, 6) is 0.495. The Bertz CT molecular complexity index is 1120. The summed E-state index contributed by atoms with van der Waals surface area (Å²) in [6.45, 7) is 7.47. The van der Waals surface area contributed by atoms with Gasteiger partial charge >= 0.3 is 0 Å². The van der Waals surface area contributed by atoms with Gasteiger partial charge in [-0.15, -0.1) is 0 Å². The van der Waals surface area contributed by atoms with E-state index in [-0.39, 0.29) is 17.4 Å². The van der Waals surface area contributed by atoms with Crippen molar-refractivity contribution in [2.45, 2.75) is 33.1 Å². The van der Waals surface area contributed by atoms with E-state index in [4.69, 9.17) is 16.6 Å². The molecule has 7 heteroatoms. The Morgan fingerprint density at radius 2 is 2.07 bits per heavy atom. The lowest BCUT2D eigenvalue weighted by Crippen LogP contribution is -2.29. The minimum atomic E-state index is -0.175. The molecule has 0 radical (unpaired) electrons. The summed E-state index contributed by atoms with van der Waals surface area (Å²) in [5.41, 5.74) is 3.69. The average Bonchev–Trinajstić information content (AvgIpc) is 3.16. The summed E-state index contributed by atoms with van der Waals surface area (Å²) < 4.78 is 1.46. The molecule has 28 heavy (non-hydrogen) atoms. The fourth-order valence-corrected chi connectivity index (χ4v) is 4.08. The average molecular weight is 399 g/mol. The number of aromatic nitrogens is 3. The van der Waals surface area contributed by atoms with E-state index >= 15 is 0 Å². The zero-order chi connectivity index (χ0) is 20.0. The lowest BCUT2D eigenvalue weighted by molar-refractivity contribution is -0.128. The van der Waals surface area contributed by atoms with Gasteiger partial charge in [-0.2, -0.15) is 0 Å². The fourth-order valence-electron chi connectivity index (χ4n) is 3.89. The van der Waals surface area contributed by atoms with Gasteiger partial charge < -0.3 is 4.90 Å². The number of amides is 1. The third kappa shape index (κ3) is 3.33. The number of H-pyrrole nitrogens is 1. The number of aromatic amines is 1. The Labute approximate surface area is 168 Å². The van der Waals surface area contributed by atoms with Crippen LogP contribution in [-0.2, 0) is 4.79 Å². The molecule has 6 nitrogen and oxygen atoms in total. The smallest absolute Gasteiger partial charge is 0.272 e. The molecule has 0 bridgehead atoms. The molecule has 3 heterocycles. The van der Waals surface area contributed by atoms with Crippen molar-refractivity contribution in [3.05, 3.63) is 57.0 Å². The normalized spacial score (nSPS) is 17.2. The van der Waals surface area contributed by atoms with Crippen LogP contribution in [0.4, 0.5) is 0 Å². The zero-order valence-electron chi connectivity index (χ0n) is 16.2. The maximum atomic E-state index is 12.7. The van der Waals surface area contributed by atoms with E-state index in [1.54, 1.807) is 6.07 Å². The van der Waals surface area contributed by atoms with Crippen LogP contribution in [0.15, 0.2) is 35.1 Å². The second kappa shape index (κ2) is 7.09. The third-order valence-electron chi connectivity index (χ3n) is 5.20. The highest BCUT2D eigenvalue weighted by atomic mass is 35.5. The summed E-state index contributed by atoms with van der Waals surface area (Å²) in [4.78, 5) is 31.7. The van der Waals surface area contributed by atoms with Gasteiger partial charge in [-0.05, 0) is 25.0 Å². The molecular weight excluding hydrogens is 376 g/mol. The second-order valence-corrected chi connectivity index (χ2v) is 8.33. The molecule has 1 fully saturated rings. The molecule has 1 aromatic carbocycles. The van der Waals surface area contributed by atoms with Gasteiger partial charge in [-0.25, -0.2) is 9.50 Å². The molecule has 146 valence electrons. The molecular formula is C21H23ClN4O2. The Balaban J connectivity index is 1.74. The predicted octanol–water partition coefficient (Wildman–Crippen LogP) is 3.62. The number of nitrogens with one attached hydrogen (secondary N) is 1. The number of carbonyl (C=O) groups excluding carboxylic acids is 1. The molecule has 0 unspecified atom stereocenters. The Morgan fingerprint density at radius 3 is 2.79 bits per heavy atom. The van der Waals surface area contributed by atoms with Gasteiger partial charge in [-0.1, -0.05) is 37.6 Å². The van der Waals surface area contributed by atoms with Gasteiger partial charge in [0, 0.05) is 47.6 Å². The van der Waals surface area contributed by atoms with Crippen molar-refractivity contribution in [3.63, 3.8) is 0 Å². The van der Waals surface area contributed by atoms with Crippen molar-refractivity contribution in [2.24, 2.45) is 5.92 Å². The van der Waals surface area contributed by atoms with Gasteiger partial charge in [-0.3, -0.25) is 14.7 Å². The van der Waals surface area contributed by atoms with E-state index in [0.29, 0.717) is 35.2 Å². The van der Waals surface area contributed by atoms with Gasteiger partial charge in [0.15, 0.2) is 5.65 Å². The predicted molar refractivity (Wildman–Crippen MR) is 110 cm³/mol. The molecule has 0 saturated carbocycles. The van der Waals surface area contributed by atoms with Crippen molar-refractivity contribution in [1.82, 2.24) is 19.5 Å². The first kappa shape index (κ1) is 18.7. The largest absolute Gasteiger partial charge is 0.342 e. The Morgan fingerprint density at radius 1 is 1.29 bits per heavy atom. The first-order chi connectivity index (χ1) is 13.3. The van der Waals surface area contributed by atoms with Crippen molar-refractivity contribution in [2.75, 3.05) is 13.1 Å². The van der Waals surface area contributed by atoms with Gasteiger partial charge in [0.25, 0.3) is 5.56 Å². The number of fused-ring (bicyclic) bond motifs is 1. The first-order valence-corrected chi connectivity index (χ1v) is 9.87. The third-order valence-corrected chi connectivity index (χ3v) is 5.44. The van der Waals surface area contributed by atoms with Crippen LogP contribution in [0.5, 0.6) is 0 Å². The highest BCUT2D eigenvalue weighted by molar-refractivity contribution is 6.30. The summed E-state index contributed by atoms with van der Waals surface area (Å²) in [6, 6.07) is 9.02. The summed E-state index contributed by atoms with van der Waals surface area (Å²) >= 11 is 6.12. The van der Waals surface area contributed by atoms with Crippen LogP contribution >= 0.6 is 11.6 Å². The molecule has 1 aliphatic rings. The quantitative estimate of drug-likeness (QED) is 0.729. The molecule has 1 aliphatic heterocycles. The maximum absolute atomic E-state index is 12.7. The fraction of sp³-hybridized carbons (Fsp3) is 0.381. The highest BCUT2D eigenvalue weighted by Crippen LogP contribution is 2.29. The number of benzene rings is 1. The maximum Gasteiger partial charge on any atom is 0.272 e. The lowest BCUT2D eigenvalue weighted by Gasteiger charge is -2.18. The van der Waals surface area contributed by atoms with Crippen LogP contribution in [0.1, 0.15) is 37.4 Å². The van der Waals surface area contributed by atoms with E-state index in [0.717, 1.165) is 23.4 Å². The minimum absolute atomic E-state index is 0.0483. The monoisotopic (exact) mass is 398 g/mol. The molecule has 1 atom stereocenters. The number of nitrogens with zero attached hydrogens (tertiary/aromatic N) is 3. The number of aryl methyl sites for hydroxylation is 1. The summed E-state index contributed by atoms with van der Waals surface area (Å²) in [5, 5.41) is 3.77. The topological polar surface area (TPSA) is 70.5 Å². The van der Waals surface area contributed by atoms with E-state index in [9.17, 15) is 9.59 Å². The van der Waals surface area contributed by atoms with Crippen molar-refractivity contribution in [1.29, 1.82) is 0 Å². The number of hydrogen-bond acceptors (Lipinski definition) is 3. The molecule has 0 aliphatic carbocycles. The van der Waals surface area contributed by atoms with Crippen LogP contribution in [0, 0.1) is 12.8 Å². The number of hydrogen-bond donors (Lipinski definition) is 1. The number of rotatable bonds is 4. The van der Waals surface area contributed by atoms with Crippen LogP contribution < -0.4 is 5.56 Å². The van der Waals surface area contributed by atoms with Gasteiger partial charge in [0.1, 0.15) is 0 Å². The molecule has 1 amide bonds. The number of likely N-dealkylation sites (tertiary alicyclic amines) is 1. The lowest BCUT2D eigenvalue weighted by atomic mass is 10.0. The molecule has 4 rings (SSSR count). The summed E-state index contributed by atoms with van der Waals surface area (Å²) in [7, 11) is 0. The van der Waals surface area contributed by atoms with Crippen molar-refractivity contribution >= 4 is 23.2 Å². The van der Waals surface area contributed by atoms with Crippen LogP contribution in [0.25, 0.3) is 16.9 Å². The van der Waals surface area contributed by atoms with Crippen molar-refractivity contribution < 1.29 is 4.79 Å².